The summed E-state index contributed by atoms with van der Waals surface area (Å²) in [6, 6.07) is 0. The highest BCUT2D eigenvalue weighted by Crippen LogP contribution is 2.89. The zero-order valence-corrected chi connectivity index (χ0v) is 27.8. The quantitative estimate of drug-likeness (QED) is 0.260. The molecule has 0 aromatic carbocycles. The van der Waals surface area contributed by atoms with Crippen LogP contribution in [0.15, 0.2) is 0 Å². The van der Waals surface area contributed by atoms with Gasteiger partial charge in [0.2, 0.25) is 0 Å². The molecule has 9 nitrogen and oxygen atoms in total. The summed E-state index contributed by atoms with van der Waals surface area (Å²) in [4.78, 5) is 0. The first-order valence-corrected chi connectivity index (χ1v) is 17.4. The van der Waals surface area contributed by atoms with Gasteiger partial charge in [0.05, 0.1) is 42.2 Å². The number of aliphatic hydroxyl groups is 6. The maximum absolute atomic E-state index is 12.1. The largest absolute Gasteiger partial charge is 0.393 e. The Morgan fingerprint density at radius 1 is 0.750 bits per heavy atom. The second-order valence-corrected chi connectivity index (χ2v) is 18.3. The van der Waals surface area contributed by atoms with Gasteiger partial charge in [-0.3, -0.25) is 0 Å². The second-order valence-electron chi connectivity index (χ2n) is 18.3. The Bertz CT molecular complexity index is 1160. The third-order valence-electron chi connectivity index (χ3n) is 15.5. The van der Waals surface area contributed by atoms with Gasteiger partial charge in [-0.2, -0.15) is 0 Å². The van der Waals surface area contributed by atoms with E-state index in [2.05, 4.69) is 34.6 Å². The van der Waals surface area contributed by atoms with E-state index in [1.165, 1.54) is 0 Å². The number of fused-ring (bicyclic) bond motifs is 2. The molecule has 0 radical (unpaired) electrons. The molecule has 16 unspecified atom stereocenters. The zero-order valence-electron chi connectivity index (χ0n) is 27.8. The summed E-state index contributed by atoms with van der Waals surface area (Å²) < 4.78 is 18.7. The fourth-order valence-electron chi connectivity index (χ4n) is 13.4. The molecule has 16 atom stereocenters. The van der Waals surface area contributed by atoms with E-state index in [1.54, 1.807) is 0 Å². The van der Waals surface area contributed by atoms with Crippen molar-refractivity contribution in [2.75, 3.05) is 6.61 Å². The van der Waals surface area contributed by atoms with Crippen molar-refractivity contribution in [2.24, 2.45) is 44.8 Å². The van der Waals surface area contributed by atoms with Gasteiger partial charge >= 0.3 is 0 Å². The van der Waals surface area contributed by atoms with Crippen LogP contribution >= 0.6 is 0 Å². The Hall–Kier alpha value is -0.360. The lowest BCUT2D eigenvalue weighted by Crippen LogP contribution is -2.63. The van der Waals surface area contributed by atoms with Crippen LogP contribution in [0.1, 0.15) is 106 Å². The van der Waals surface area contributed by atoms with Crippen molar-refractivity contribution in [1.82, 2.24) is 0 Å². The van der Waals surface area contributed by atoms with Gasteiger partial charge in [0, 0.05) is 5.92 Å². The van der Waals surface area contributed by atoms with Crippen LogP contribution in [0.2, 0.25) is 0 Å². The Balaban J connectivity index is 1.15. The van der Waals surface area contributed by atoms with Gasteiger partial charge in [0.25, 0.3) is 0 Å². The smallest absolute Gasteiger partial charge is 0.186 e. The molecule has 252 valence electrons. The van der Waals surface area contributed by atoms with Gasteiger partial charge in [0.15, 0.2) is 6.29 Å². The van der Waals surface area contributed by atoms with Gasteiger partial charge in [-0.25, -0.2) is 0 Å². The van der Waals surface area contributed by atoms with E-state index in [1.807, 2.05) is 13.8 Å². The third-order valence-corrected chi connectivity index (χ3v) is 15.5. The van der Waals surface area contributed by atoms with E-state index in [9.17, 15) is 30.6 Å². The van der Waals surface area contributed by atoms with Gasteiger partial charge < -0.3 is 44.8 Å². The molecule has 2 spiro atoms. The molecule has 6 N–H and O–H groups in total. The summed E-state index contributed by atoms with van der Waals surface area (Å²) >= 11 is 0. The summed E-state index contributed by atoms with van der Waals surface area (Å²) in [5.41, 5.74) is -2.01. The van der Waals surface area contributed by atoms with Crippen LogP contribution in [0, 0.1) is 44.8 Å². The number of rotatable bonds is 4. The molecule has 0 bridgehead atoms. The van der Waals surface area contributed by atoms with E-state index in [0.29, 0.717) is 18.8 Å². The monoisotopic (exact) mass is 622 g/mol. The van der Waals surface area contributed by atoms with E-state index < -0.39 is 53.4 Å². The molecule has 5 saturated carbocycles. The van der Waals surface area contributed by atoms with Crippen LogP contribution in [-0.4, -0.2) is 97.5 Å². The van der Waals surface area contributed by atoms with Crippen molar-refractivity contribution in [1.29, 1.82) is 0 Å². The average Bonchev–Trinajstić information content (AvgIpc) is 3.27. The average molecular weight is 623 g/mol. The first-order valence-electron chi connectivity index (χ1n) is 17.4. The molecule has 7 fully saturated rings. The molecule has 5 aliphatic carbocycles. The molecule has 9 heteroatoms. The van der Waals surface area contributed by atoms with Crippen molar-refractivity contribution < 1.29 is 44.8 Å². The highest BCUT2D eigenvalue weighted by atomic mass is 16.7. The van der Waals surface area contributed by atoms with Crippen molar-refractivity contribution in [2.45, 2.75) is 166 Å². The van der Waals surface area contributed by atoms with Crippen LogP contribution in [-0.2, 0) is 14.2 Å². The maximum atomic E-state index is 12.1. The minimum atomic E-state index is -1.33. The van der Waals surface area contributed by atoms with E-state index in [4.69, 9.17) is 14.2 Å². The lowest BCUT2D eigenvalue weighted by atomic mass is 9.41. The fraction of sp³-hybridized carbons (Fsp3) is 1.00. The summed E-state index contributed by atoms with van der Waals surface area (Å²) in [6.45, 7) is 14.8. The number of hydrogen-bond donors (Lipinski definition) is 6. The normalized spacial score (nSPS) is 59.8. The van der Waals surface area contributed by atoms with Gasteiger partial charge in [-0.05, 0) is 117 Å². The Morgan fingerprint density at radius 2 is 1.45 bits per heavy atom. The summed E-state index contributed by atoms with van der Waals surface area (Å²) in [6.07, 6.45) is 1.57. The van der Waals surface area contributed by atoms with Crippen molar-refractivity contribution in [3.05, 3.63) is 0 Å². The molecule has 2 aliphatic heterocycles. The predicted molar refractivity (Wildman–Crippen MR) is 161 cm³/mol. The molecule has 7 rings (SSSR count). The van der Waals surface area contributed by atoms with E-state index in [0.717, 1.165) is 44.9 Å². The van der Waals surface area contributed by atoms with E-state index in [-0.39, 0.29) is 52.3 Å². The number of ether oxygens (including phenoxy) is 3. The van der Waals surface area contributed by atoms with Crippen LogP contribution in [0.3, 0.4) is 0 Å². The Labute approximate surface area is 262 Å². The standard InChI is InChI=1S/C35H58O9/c1-29(2)22(43-28-25(40)24(39)20(38)16-42-28)9-11-35-17-34(35)13-12-31(5)27(33(7)10-8-23(44-33)30(3,4)41)19(37)15-32(31,6)21(34)14-18(36)26(29)35/h18-28,36-41H,8-17H2,1-7H3. The Kier molecular flexibility index (Phi) is 7.04. The third kappa shape index (κ3) is 3.97. The molecular formula is C35H58O9. The number of hydrogen-bond acceptors (Lipinski definition) is 9. The number of aliphatic hydroxyl groups excluding tert-OH is 5. The Morgan fingerprint density at radius 3 is 2.11 bits per heavy atom. The SMILES string of the molecule is CC(C)(O)C1CCC(C)(C2C(O)CC3(C)C4CC(O)C5C(C)(C)C(OC6OCC(O)C(O)C6O)CCC56CC46CCC23C)O1. The fourth-order valence-corrected chi connectivity index (χ4v) is 13.4. The van der Waals surface area contributed by atoms with Gasteiger partial charge in [-0.15, -0.1) is 0 Å². The summed E-state index contributed by atoms with van der Waals surface area (Å²) in [5.74, 6) is 0.285. The first kappa shape index (κ1) is 32.2. The molecule has 0 aromatic rings. The summed E-state index contributed by atoms with van der Waals surface area (Å²) in [7, 11) is 0. The maximum Gasteiger partial charge on any atom is 0.186 e. The van der Waals surface area contributed by atoms with Crippen LogP contribution in [0.4, 0.5) is 0 Å². The van der Waals surface area contributed by atoms with Crippen molar-refractivity contribution in [3.63, 3.8) is 0 Å². The van der Waals surface area contributed by atoms with Crippen LogP contribution in [0.5, 0.6) is 0 Å². The van der Waals surface area contributed by atoms with E-state index >= 15 is 0 Å². The second kappa shape index (κ2) is 9.63. The summed E-state index contributed by atoms with van der Waals surface area (Å²) in [5, 5.41) is 65.5. The predicted octanol–water partition coefficient (Wildman–Crippen LogP) is 2.90. The minimum absolute atomic E-state index is 0.00753. The molecule has 0 amide bonds. The lowest BCUT2D eigenvalue weighted by molar-refractivity contribution is -0.306. The topological polar surface area (TPSA) is 149 Å². The molecule has 2 heterocycles. The lowest BCUT2D eigenvalue weighted by Gasteiger charge is -2.64. The highest BCUT2D eigenvalue weighted by Gasteiger charge is 2.85. The van der Waals surface area contributed by atoms with Crippen molar-refractivity contribution >= 4 is 0 Å². The van der Waals surface area contributed by atoms with Gasteiger partial charge in [0.1, 0.15) is 18.3 Å². The minimum Gasteiger partial charge on any atom is -0.393 e. The molecule has 2 saturated heterocycles. The highest BCUT2D eigenvalue weighted by molar-refractivity contribution is 5.33. The van der Waals surface area contributed by atoms with Crippen LogP contribution < -0.4 is 0 Å². The zero-order chi connectivity index (χ0) is 32.0. The first-order chi connectivity index (χ1) is 20.3. The molecule has 0 aromatic heterocycles. The van der Waals surface area contributed by atoms with Crippen molar-refractivity contribution in [3.8, 4) is 0 Å². The molecule has 44 heavy (non-hydrogen) atoms. The molecule has 7 aliphatic rings. The van der Waals surface area contributed by atoms with Crippen LogP contribution in [0.25, 0.3) is 0 Å². The van der Waals surface area contributed by atoms with Gasteiger partial charge in [-0.1, -0.05) is 27.7 Å². The molecular weight excluding hydrogens is 564 g/mol.